The average molecular weight is 625 g/mol. The zero-order valence-electron chi connectivity index (χ0n) is 25.5. The molecule has 0 saturated carbocycles. The summed E-state index contributed by atoms with van der Waals surface area (Å²) in [5.74, 6) is 0. The van der Waals surface area contributed by atoms with Gasteiger partial charge in [0.05, 0.1) is 31.8 Å². The fourth-order valence-corrected chi connectivity index (χ4v) is 16.5. The van der Waals surface area contributed by atoms with E-state index in [0.29, 0.717) is 5.66 Å². The maximum absolute atomic E-state index is 5.16. The van der Waals surface area contributed by atoms with E-state index in [1.807, 2.05) is 0 Å². The molecule has 3 heteroatoms. The van der Waals surface area contributed by atoms with Crippen molar-refractivity contribution in [3.8, 4) is 0 Å². The van der Waals surface area contributed by atoms with Crippen LogP contribution in [0.3, 0.4) is 0 Å². The first kappa shape index (κ1) is 30.6. The third-order valence-corrected chi connectivity index (χ3v) is 18.8. The van der Waals surface area contributed by atoms with Gasteiger partial charge in [-0.1, -0.05) is 123 Å². The molecule has 0 N–H and O–H groups in total. The minimum Gasteiger partial charge on any atom is -0.165 e. The van der Waals surface area contributed by atoms with Crippen LogP contribution < -0.4 is 42.4 Å². The largest absolute Gasteiger partial charge is 0.165 e. The van der Waals surface area contributed by atoms with Crippen LogP contribution in [0, 0.1) is 13.3 Å². The number of rotatable bonds is 9. The van der Waals surface area contributed by atoms with Crippen LogP contribution in [0.4, 0.5) is 0 Å². The minimum absolute atomic E-state index is 0.410. The maximum Gasteiger partial charge on any atom is 0.0827 e. The Morgan fingerprint density at radius 1 is 0.386 bits per heavy atom. The summed E-state index contributed by atoms with van der Waals surface area (Å²) < 4.78 is 0. The van der Waals surface area contributed by atoms with E-state index in [1.165, 1.54) is 42.4 Å². The van der Waals surface area contributed by atoms with Crippen molar-refractivity contribution in [2.45, 2.75) is 19.5 Å². The van der Waals surface area contributed by atoms with E-state index in [2.05, 4.69) is 184 Å². The summed E-state index contributed by atoms with van der Waals surface area (Å²) in [4.78, 5) is 0. The quantitative estimate of drug-likeness (QED) is 0.114. The molecular formula is C41H39P3. The second kappa shape index (κ2) is 13.3. The highest BCUT2D eigenvalue weighted by atomic mass is 31.2. The van der Waals surface area contributed by atoms with Gasteiger partial charge in [-0.2, -0.15) is 13.3 Å². The fraction of sp³-hybridized carbons (Fsp3) is 0.0732. The molecule has 218 valence electrons. The van der Waals surface area contributed by atoms with Crippen LogP contribution in [-0.2, 0) is 0 Å². The lowest BCUT2D eigenvalue weighted by atomic mass is 10.3. The zero-order valence-corrected chi connectivity index (χ0v) is 28.2. The Bertz CT molecular complexity index is 1590. The standard InChI is InChI=1S/C41H39P3/c1-33(2)42(38-29-17-19-31-40(38)43(3,34-21-9-5-10-22-34)35-23-11-6-12-24-35)39-30-18-20-32-41(39)44(4,36-25-13-7-14-26-36)37-27-15-8-16-28-37/h5-33H,3-4H2,1-2H3. The molecule has 0 saturated heterocycles. The molecule has 0 unspecified atom stereocenters. The highest BCUT2D eigenvalue weighted by molar-refractivity contribution is 7.99. The van der Waals surface area contributed by atoms with Crippen LogP contribution in [0.5, 0.6) is 0 Å². The molecule has 6 aromatic carbocycles. The van der Waals surface area contributed by atoms with Crippen molar-refractivity contribution < 1.29 is 0 Å². The van der Waals surface area contributed by atoms with Crippen molar-refractivity contribution in [3.05, 3.63) is 183 Å². The highest BCUT2D eigenvalue weighted by Crippen LogP contribution is 2.57. The van der Waals surface area contributed by atoms with Gasteiger partial charge in [-0.15, -0.1) is 0 Å². The van der Waals surface area contributed by atoms with Gasteiger partial charge in [0.2, 0.25) is 0 Å². The molecule has 0 heterocycles. The fourth-order valence-electron chi connectivity index (χ4n) is 6.25. The number of hydrogen-bond acceptors (Lipinski definition) is 0. The van der Waals surface area contributed by atoms with E-state index in [4.69, 9.17) is 13.3 Å². The van der Waals surface area contributed by atoms with Crippen LogP contribution in [-0.4, -0.2) is 5.66 Å². The van der Waals surface area contributed by atoms with Gasteiger partial charge < -0.3 is 0 Å². The topological polar surface area (TPSA) is 0 Å². The van der Waals surface area contributed by atoms with Crippen LogP contribution in [0.2, 0.25) is 0 Å². The lowest BCUT2D eigenvalue weighted by Gasteiger charge is -2.37. The number of hydrogen-bond donors (Lipinski definition) is 0. The molecular weight excluding hydrogens is 585 g/mol. The SMILES string of the molecule is [CH2-][P+](c1ccccc1)(c1ccccc1)c1ccccc1P(c1ccccc1[P+]([CH2-])(c1ccccc1)c1ccccc1)C(C)C. The summed E-state index contributed by atoms with van der Waals surface area (Å²) in [6.07, 6.45) is 0. The van der Waals surface area contributed by atoms with E-state index < -0.39 is 22.4 Å². The average Bonchev–Trinajstić information content (AvgIpc) is 3.09. The van der Waals surface area contributed by atoms with E-state index in [1.54, 1.807) is 0 Å². The van der Waals surface area contributed by atoms with Crippen LogP contribution in [0.25, 0.3) is 0 Å². The Morgan fingerprint density at radius 2 is 0.636 bits per heavy atom. The summed E-state index contributed by atoms with van der Waals surface area (Å²) in [5, 5.41) is 10.8. The van der Waals surface area contributed by atoms with Gasteiger partial charge in [-0.3, -0.25) is 0 Å². The molecule has 0 atom stereocenters. The molecule has 0 nitrogen and oxygen atoms in total. The van der Waals surface area contributed by atoms with Gasteiger partial charge in [-0.05, 0) is 88.8 Å². The van der Waals surface area contributed by atoms with Crippen LogP contribution in [0.15, 0.2) is 170 Å². The van der Waals surface area contributed by atoms with Gasteiger partial charge in [-0.25, -0.2) is 0 Å². The van der Waals surface area contributed by atoms with Gasteiger partial charge in [0, 0.05) is 10.6 Å². The van der Waals surface area contributed by atoms with Crippen LogP contribution >= 0.6 is 22.4 Å². The zero-order chi connectivity index (χ0) is 30.6. The first-order valence-electron chi connectivity index (χ1n) is 15.1. The lowest BCUT2D eigenvalue weighted by molar-refractivity contribution is 1.10. The Hall–Kier alpha value is -3.39. The Labute approximate surface area is 266 Å². The summed E-state index contributed by atoms with van der Waals surface area (Å²) in [6, 6.07) is 62.2. The normalized spacial score (nSPS) is 12.0. The molecule has 0 aliphatic carbocycles. The molecule has 0 fully saturated rings. The van der Waals surface area contributed by atoms with Crippen molar-refractivity contribution in [1.82, 2.24) is 0 Å². The van der Waals surface area contributed by atoms with E-state index >= 15 is 0 Å². The minimum atomic E-state index is -2.19. The molecule has 6 aromatic rings. The summed E-state index contributed by atoms with van der Waals surface area (Å²) in [7, 11) is -5.15. The van der Waals surface area contributed by atoms with Crippen molar-refractivity contribution in [3.63, 3.8) is 0 Å². The monoisotopic (exact) mass is 624 g/mol. The third kappa shape index (κ3) is 5.62. The molecule has 0 aliphatic heterocycles. The molecule has 0 radical (unpaired) electrons. The van der Waals surface area contributed by atoms with Gasteiger partial charge >= 0.3 is 0 Å². The predicted octanol–water partition coefficient (Wildman–Crippen LogP) is 7.70. The molecule has 6 rings (SSSR count). The van der Waals surface area contributed by atoms with E-state index in [-0.39, 0.29) is 0 Å². The molecule has 0 aromatic heterocycles. The van der Waals surface area contributed by atoms with E-state index in [0.717, 1.165) is 0 Å². The molecule has 44 heavy (non-hydrogen) atoms. The Balaban J connectivity index is 1.62. The Morgan fingerprint density at radius 3 is 0.909 bits per heavy atom. The molecule has 0 aliphatic rings. The summed E-state index contributed by atoms with van der Waals surface area (Å²) in [5.41, 5.74) is 0.410. The lowest BCUT2D eigenvalue weighted by Crippen LogP contribution is -2.42. The van der Waals surface area contributed by atoms with Crippen molar-refractivity contribution in [2.75, 3.05) is 0 Å². The second-order valence-corrected chi connectivity index (χ2v) is 20.4. The maximum atomic E-state index is 5.16. The van der Waals surface area contributed by atoms with Crippen molar-refractivity contribution in [1.29, 1.82) is 0 Å². The van der Waals surface area contributed by atoms with E-state index in [9.17, 15) is 0 Å². The molecule has 0 bridgehead atoms. The summed E-state index contributed by atoms with van der Waals surface area (Å²) in [6.45, 7) is 15.1. The predicted molar refractivity (Wildman–Crippen MR) is 202 cm³/mol. The number of benzene rings is 6. The Kier molecular flexibility index (Phi) is 9.26. The third-order valence-electron chi connectivity index (χ3n) is 8.41. The van der Waals surface area contributed by atoms with Crippen molar-refractivity contribution in [2.24, 2.45) is 0 Å². The van der Waals surface area contributed by atoms with Crippen LogP contribution in [0.1, 0.15) is 13.8 Å². The van der Waals surface area contributed by atoms with Gasteiger partial charge in [0.25, 0.3) is 0 Å². The first-order chi connectivity index (χ1) is 21.5. The first-order valence-corrected chi connectivity index (χ1v) is 20.5. The van der Waals surface area contributed by atoms with Gasteiger partial charge in [0.1, 0.15) is 0 Å². The second-order valence-electron chi connectivity index (χ2n) is 11.4. The summed E-state index contributed by atoms with van der Waals surface area (Å²) >= 11 is 0. The van der Waals surface area contributed by atoms with Crippen molar-refractivity contribution >= 4 is 64.9 Å². The molecule has 0 amide bonds. The molecule has 0 spiro atoms. The highest BCUT2D eigenvalue weighted by Gasteiger charge is 2.41. The van der Waals surface area contributed by atoms with Gasteiger partial charge in [0.15, 0.2) is 0 Å². The smallest absolute Gasteiger partial charge is 0.0827 e.